The second-order valence-corrected chi connectivity index (χ2v) is 4.33. The van der Waals surface area contributed by atoms with Crippen LogP contribution in [0.1, 0.15) is 12.0 Å². The molecule has 0 aromatic heterocycles. The summed E-state index contributed by atoms with van der Waals surface area (Å²) in [7, 11) is 0. The highest BCUT2D eigenvalue weighted by atomic mass is 127. The monoisotopic (exact) mass is 294 g/mol. The van der Waals surface area contributed by atoms with E-state index in [0.717, 1.165) is 33.8 Å². The first-order valence-corrected chi connectivity index (χ1v) is 5.34. The Labute approximate surface area is 90.2 Å². The van der Waals surface area contributed by atoms with Gasteiger partial charge in [0.1, 0.15) is 5.75 Å². The SMILES string of the molecule is Clc1c(I)ccc2c1CCCO2. The van der Waals surface area contributed by atoms with Gasteiger partial charge in [-0.15, -0.1) is 0 Å². The standard InChI is InChI=1S/C9H8ClIO/c10-9-6-2-1-5-12-8(6)4-3-7(9)11/h3-4H,1-2,5H2. The van der Waals surface area contributed by atoms with E-state index in [4.69, 9.17) is 16.3 Å². The molecule has 1 aliphatic rings. The number of ether oxygens (including phenoxy) is 1. The van der Waals surface area contributed by atoms with Gasteiger partial charge >= 0.3 is 0 Å². The average Bonchev–Trinajstić information content (AvgIpc) is 2.12. The summed E-state index contributed by atoms with van der Waals surface area (Å²) < 4.78 is 6.58. The highest BCUT2D eigenvalue weighted by Gasteiger charge is 2.14. The van der Waals surface area contributed by atoms with Gasteiger partial charge in [0.25, 0.3) is 0 Å². The van der Waals surface area contributed by atoms with Crippen molar-refractivity contribution in [3.63, 3.8) is 0 Å². The van der Waals surface area contributed by atoms with Crippen molar-refractivity contribution in [2.45, 2.75) is 12.8 Å². The fourth-order valence-corrected chi connectivity index (χ4v) is 2.13. The summed E-state index contributed by atoms with van der Waals surface area (Å²) in [4.78, 5) is 0. The Bertz CT molecular complexity index is 312. The quantitative estimate of drug-likeness (QED) is 0.667. The first kappa shape index (κ1) is 8.63. The van der Waals surface area contributed by atoms with Crippen molar-refractivity contribution in [3.05, 3.63) is 26.3 Å². The lowest BCUT2D eigenvalue weighted by molar-refractivity contribution is 0.288. The number of halogens is 2. The van der Waals surface area contributed by atoms with Gasteiger partial charge in [0.05, 0.1) is 11.6 Å². The molecule has 0 N–H and O–H groups in total. The van der Waals surface area contributed by atoms with Crippen molar-refractivity contribution in [1.29, 1.82) is 0 Å². The minimum absolute atomic E-state index is 0.823. The van der Waals surface area contributed by atoms with E-state index in [-0.39, 0.29) is 0 Å². The summed E-state index contributed by atoms with van der Waals surface area (Å²) in [6.45, 7) is 0.823. The molecule has 64 valence electrons. The molecule has 3 heteroatoms. The molecule has 1 heterocycles. The summed E-state index contributed by atoms with van der Waals surface area (Å²) in [5.41, 5.74) is 1.18. The van der Waals surface area contributed by atoms with E-state index in [9.17, 15) is 0 Å². The molecule has 0 unspecified atom stereocenters. The molecule has 0 aliphatic carbocycles. The van der Waals surface area contributed by atoms with E-state index in [0.29, 0.717) is 0 Å². The van der Waals surface area contributed by atoms with E-state index in [1.54, 1.807) is 0 Å². The third-order valence-corrected chi connectivity index (χ3v) is 3.63. The van der Waals surface area contributed by atoms with Crippen molar-refractivity contribution in [2.75, 3.05) is 6.61 Å². The Balaban J connectivity index is 2.54. The second-order valence-electron chi connectivity index (χ2n) is 2.79. The van der Waals surface area contributed by atoms with Gasteiger partial charge in [0.15, 0.2) is 0 Å². The van der Waals surface area contributed by atoms with Gasteiger partial charge in [0.2, 0.25) is 0 Å². The van der Waals surface area contributed by atoms with Crippen molar-refractivity contribution in [3.8, 4) is 5.75 Å². The number of hydrogen-bond acceptors (Lipinski definition) is 1. The molecule has 2 rings (SSSR count). The Morgan fingerprint density at radius 3 is 3.08 bits per heavy atom. The van der Waals surface area contributed by atoms with Gasteiger partial charge in [-0.2, -0.15) is 0 Å². The van der Waals surface area contributed by atoms with E-state index in [1.807, 2.05) is 12.1 Å². The third-order valence-electron chi connectivity index (χ3n) is 1.98. The molecule has 0 spiro atoms. The Morgan fingerprint density at radius 2 is 2.25 bits per heavy atom. The predicted molar refractivity (Wildman–Crippen MR) is 58.0 cm³/mol. The van der Waals surface area contributed by atoms with Crippen LogP contribution in [0.5, 0.6) is 5.75 Å². The zero-order chi connectivity index (χ0) is 8.55. The number of fused-ring (bicyclic) bond motifs is 1. The molecule has 0 saturated carbocycles. The first-order valence-electron chi connectivity index (χ1n) is 3.89. The molecule has 1 nitrogen and oxygen atoms in total. The molecule has 12 heavy (non-hydrogen) atoms. The molecule has 0 bridgehead atoms. The van der Waals surface area contributed by atoms with Gasteiger partial charge in [0, 0.05) is 9.13 Å². The molecule has 1 aromatic carbocycles. The van der Waals surface area contributed by atoms with Crippen LogP contribution in [0.25, 0.3) is 0 Å². The molecule has 0 amide bonds. The minimum Gasteiger partial charge on any atom is -0.493 e. The normalized spacial score (nSPS) is 15.2. The van der Waals surface area contributed by atoms with Gasteiger partial charge in [-0.3, -0.25) is 0 Å². The van der Waals surface area contributed by atoms with Crippen LogP contribution < -0.4 is 4.74 Å². The van der Waals surface area contributed by atoms with Crippen LogP contribution in [0.15, 0.2) is 12.1 Å². The van der Waals surface area contributed by atoms with Crippen LogP contribution in [0.4, 0.5) is 0 Å². The molecule has 1 aliphatic heterocycles. The molecular weight excluding hydrogens is 286 g/mol. The van der Waals surface area contributed by atoms with Crippen LogP contribution >= 0.6 is 34.2 Å². The smallest absolute Gasteiger partial charge is 0.124 e. The van der Waals surface area contributed by atoms with Crippen LogP contribution in [-0.2, 0) is 6.42 Å². The maximum absolute atomic E-state index is 6.12. The van der Waals surface area contributed by atoms with Gasteiger partial charge in [-0.05, 0) is 47.6 Å². The number of rotatable bonds is 0. The van der Waals surface area contributed by atoms with Crippen LogP contribution in [0, 0.1) is 3.57 Å². The summed E-state index contributed by atoms with van der Waals surface area (Å²) in [6, 6.07) is 4.00. The van der Waals surface area contributed by atoms with E-state index >= 15 is 0 Å². The van der Waals surface area contributed by atoms with E-state index < -0.39 is 0 Å². The molecule has 0 saturated heterocycles. The maximum atomic E-state index is 6.12. The van der Waals surface area contributed by atoms with Crippen molar-refractivity contribution < 1.29 is 4.74 Å². The average molecular weight is 295 g/mol. The Kier molecular flexibility index (Phi) is 2.46. The lowest BCUT2D eigenvalue weighted by Crippen LogP contribution is -2.08. The minimum atomic E-state index is 0.823. The van der Waals surface area contributed by atoms with E-state index in [1.165, 1.54) is 5.56 Å². The van der Waals surface area contributed by atoms with E-state index in [2.05, 4.69) is 22.6 Å². The highest BCUT2D eigenvalue weighted by molar-refractivity contribution is 14.1. The van der Waals surface area contributed by atoms with Crippen molar-refractivity contribution in [1.82, 2.24) is 0 Å². The van der Waals surface area contributed by atoms with Gasteiger partial charge < -0.3 is 4.74 Å². The molecular formula is C9H8ClIO. The maximum Gasteiger partial charge on any atom is 0.124 e. The highest BCUT2D eigenvalue weighted by Crippen LogP contribution is 2.33. The number of benzene rings is 1. The lowest BCUT2D eigenvalue weighted by Gasteiger charge is -2.18. The Morgan fingerprint density at radius 1 is 1.42 bits per heavy atom. The molecule has 1 aromatic rings. The molecule has 0 atom stereocenters. The molecule has 0 radical (unpaired) electrons. The zero-order valence-corrected chi connectivity index (χ0v) is 9.35. The topological polar surface area (TPSA) is 9.23 Å². The van der Waals surface area contributed by atoms with Crippen LogP contribution in [0.2, 0.25) is 5.02 Å². The number of hydrogen-bond donors (Lipinski definition) is 0. The fraction of sp³-hybridized carbons (Fsp3) is 0.333. The Hall–Kier alpha value is 0.0400. The summed E-state index contributed by atoms with van der Waals surface area (Å²) in [5.74, 6) is 0.965. The van der Waals surface area contributed by atoms with Crippen LogP contribution in [-0.4, -0.2) is 6.61 Å². The van der Waals surface area contributed by atoms with Gasteiger partial charge in [-0.25, -0.2) is 0 Å². The third kappa shape index (κ3) is 1.42. The van der Waals surface area contributed by atoms with Gasteiger partial charge in [-0.1, -0.05) is 11.6 Å². The fourth-order valence-electron chi connectivity index (χ4n) is 1.37. The first-order chi connectivity index (χ1) is 5.79. The lowest BCUT2D eigenvalue weighted by atomic mass is 10.1. The largest absolute Gasteiger partial charge is 0.493 e. The summed E-state index contributed by atoms with van der Waals surface area (Å²) >= 11 is 8.37. The second kappa shape index (κ2) is 3.42. The van der Waals surface area contributed by atoms with Crippen molar-refractivity contribution in [2.24, 2.45) is 0 Å². The van der Waals surface area contributed by atoms with Crippen LogP contribution in [0.3, 0.4) is 0 Å². The van der Waals surface area contributed by atoms with Crippen molar-refractivity contribution >= 4 is 34.2 Å². The predicted octanol–water partition coefficient (Wildman–Crippen LogP) is 3.27. The summed E-state index contributed by atoms with van der Waals surface area (Å²) in [5, 5.41) is 0.868. The molecule has 0 fully saturated rings. The summed E-state index contributed by atoms with van der Waals surface area (Å²) in [6.07, 6.45) is 2.12. The zero-order valence-electron chi connectivity index (χ0n) is 6.44.